The van der Waals surface area contributed by atoms with Gasteiger partial charge in [0.25, 0.3) is 0 Å². The van der Waals surface area contributed by atoms with Crippen molar-refractivity contribution in [2.24, 2.45) is 0 Å². The second kappa shape index (κ2) is 5.04. The number of thiol groups is 1. The quantitative estimate of drug-likeness (QED) is 0.544. The zero-order valence-electron chi connectivity index (χ0n) is 5.56. The molecule has 1 rings (SSSR count). The molecule has 0 amide bonds. The van der Waals surface area contributed by atoms with Gasteiger partial charge in [-0.1, -0.05) is 30.8 Å². The van der Waals surface area contributed by atoms with Crippen LogP contribution in [0.3, 0.4) is 0 Å². The Bertz CT molecular complexity index is 225. The SMILES string of the molecule is Cl.O=C(S)Oc1ccccc1. The number of carbonyl (C=O) groups is 1. The highest BCUT2D eigenvalue weighted by Crippen LogP contribution is 2.09. The molecule has 0 heterocycles. The Balaban J connectivity index is 0.000001000. The lowest BCUT2D eigenvalue weighted by atomic mass is 10.3. The summed E-state index contributed by atoms with van der Waals surface area (Å²) in [4.78, 5) is 10.3. The van der Waals surface area contributed by atoms with Crippen LogP contribution in [-0.4, -0.2) is 5.30 Å². The molecule has 0 aliphatic rings. The first kappa shape index (κ1) is 10.3. The lowest BCUT2D eigenvalue weighted by molar-refractivity contribution is 0.227. The van der Waals surface area contributed by atoms with Crippen LogP contribution < -0.4 is 4.74 Å². The minimum Gasteiger partial charge on any atom is -0.419 e. The van der Waals surface area contributed by atoms with Gasteiger partial charge in [0.15, 0.2) is 0 Å². The number of halogens is 1. The van der Waals surface area contributed by atoms with Crippen molar-refractivity contribution >= 4 is 30.3 Å². The third kappa shape index (κ3) is 3.91. The summed E-state index contributed by atoms with van der Waals surface area (Å²) >= 11 is 3.45. The van der Waals surface area contributed by atoms with Crippen molar-refractivity contribution in [1.82, 2.24) is 0 Å². The van der Waals surface area contributed by atoms with Crippen LogP contribution in [0.2, 0.25) is 0 Å². The maximum absolute atomic E-state index is 10.3. The van der Waals surface area contributed by atoms with Crippen LogP contribution in [0.25, 0.3) is 0 Å². The molecule has 0 saturated carbocycles. The largest absolute Gasteiger partial charge is 0.419 e. The summed E-state index contributed by atoms with van der Waals surface area (Å²) in [5, 5.41) is -0.591. The molecule has 2 nitrogen and oxygen atoms in total. The predicted molar refractivity (Wildman–Crippen MR) is 48.7 cm³/mol. The van der Waals surface area contributed by atoms with Crippen LogP contribution in [0.4, 0.5) is 4.79 Å². The van der Waals surface area contributed by atoms with Crippen molar-refractivity contribution in [3.05, 3.63) is 30.3 Å². The zero-order chi connectivity index (χ0) is 7.40. The number of ether oxygens (including phenoxy) is 1. The van der Waals surface area contributed by atoms with Gasteiger partial charge in [0.05, 0.1) is 0 Å². The summed E-state index contributed by atoms with van der Waals surface area (Å²) in [6.07, 6.45) is 0. The summed E-state index contributed by atoms with van der Waals surface area (Å²) in [5.74, 6) is 0.516. The lowest BCUT2D eigenvalue weighted by Crippen LogP contribution is -1.94. The van der Waals surface area contributed by atoms with Gasteiger partial charge < -0.3 is 4.74 Å². The van der Waals surface area contributed by atoms with E-state index in [1.165, 1.54) is 0 Å². The molecule has 0 atom stereocenters. The van der Waals surface area contributed by atoms with E-state index in [2.05, 4.69) is 17.4 Å². The normalized spacial score (nSPS) is 8.09. The first-order valence-electron chi connectivity index (χ1n) is 2.75. The zero-order valence-corrected chi connectivity index (χ0v) is 7.27. The summed E-state index contributed by atoms with van der Waals surface area (Å²) in [6, 6.07) is 8.79. The summed E-state index contributed by atoms with van der Waals surface area (Å²) in [6.45, 7) is 0. The molecule has 0 saturated heterocycles. The molecule has 0 N–H and O–H groups in total. The van der Waals surface area contributed by atoms with E-state index in [9.17, 15) is 4.79 Å². The van der Waals surface area contributed by atoms with E-state index in [1.807, 2.05) is 6.07 Å². The molecule has 1 aromatic carbocycles. The molecule has 11 heavy (non-hydrogen) atoms. The van der Waals surface area contributed by atoms with Crippen LogP contribution >= 0.6 is 25.0 Å². The molecule has 4 heteroatoms. The average molecular weight is 191 g/mol. The maximum atomic E-state index is 10.3. The fraction of sp³-hybridized carbons (Fsp3) is 0. The van der Waals surface area contributed by atoms with E-state index < -0.39 is 5.30 Å². The van der Waals surface area contributed by atoms with Crippen molar-refractivity contribution in [2.45, 2.75) is 0 Å². The number of para-hydroxylation sites is 1. The Morgan fingerprint density at radius 2 is 1.82 bits per heavy atom. The van der Waals surface area contributed by atoms with Gasteiger partial charge >= 0.3 is 5.30 Å². The Morgan fingerprint density at radius 3 is 2.27 bits per heavy atom. The number of hydrogen-bond acceptors (Lipinski definition) is 2. The van der Waals surface area contributed by atoms with Crippen LogP contribution in [0.15, 0.2) is 30.3 Å². The van der Waals surface area contributed by atoms with Crippen molar-refractivity contribution in [3.63, 3.8) is 0 Å². The van der Waals surface area contributed by atoms with Crippen molar-refractivity contribution in [1.29, 1.82) is 0 Å². The molecule has 1 aromatic rings. The van der Waals surface area contributed by atoms with Crippen molar-refractivity contribution in [3.8, 4) is 5.75 Å². The van der Waals surface area contributed by atoms with Crippen LogP contribution in [0.1, 0.15) is 0 Å². The molecular weight excluding hydrogens is 184 g/mol. The highest BCUT2D eigenvalue weighted by Gasteiger charge is 1.94. The van der Waals surface area contributed by atoms with Gasteiger partial charge in [-0.2, -0.15) is 0 Å². The Labute approximate surface area is 76.4 Å². The summed E-state index contributed by atoms with van der Waals surface area (Å²) < 4.78 is 4.64. The minimum absolute atomic E-state index is 0. The van der Waals surface area contributed by atoms with Gasteiger partial charge in [0.1, 0.15) is 5.75 Å². The molecule has 0 aliphatic heterocycles. The van der Waals surface area contributed by atoms with E-state index in [0.717, 1.165) is 0 Å². The van der Waals surface area contributed by atoms with Crippen LogP contribution in [-0.2, 0) is 0 Å². The number of benzene rings is 1. The van der Waals surface area contributed by atoms with Gasteiger partial charge in [-0.15, -0.1) is 12.4 Å². The Morgan fingerprint density at radius 1 is 1.27 bits per heavy atom. The number of carbonyl (C=O) groups excluding carboxylic acids is 1. The molecule has 0 spiro atoms. The van der Waals surface area contributed by atoms with E-state index in [0.29, 0.717) is 5.75 Å². The summed E-state index contributed by atoms with van der Waals surface area (Å²) in [7, 11) is 0. The number of hydrogen-bond donors (Lipinski definition) is 1. The van der Waals surface area contributed by atoms with E-state index >= 15 is 0 Å². The van der Waals surface area contributed by atoms with E-state index in [4.69, 9.17) is 0 Å². The monoisotopic (exact) mass is 190 g/mol. The molecule has 0 unspecified atom stereocenters. The van der Waals surface area contributed by atoms with Crippen LogP contribution in [0, 0.1) is 0 Å². The topological polar surface area (TPSA) is 26.3 Å². The predicted octanol–water partition coefficient (Wildman–Crippen LogP) is 2.54. The van der Waals surface area contributed by atoms with E-state index in [-0.39, 0.29) is 12.4 Å². The molecule has 0 aromatic heterocycles. The van der Waals surface area contributed by atoms with Gasteiger partial charge in [0, 0.05) is 0 Å². The maximum Gasteiger partial charge on any atom is 0.369 e. The fourth-order valence-corrected chi connectivity index (χ4v) is 0.695. The molecular formula is C7H7ClO2S. The van der Waals surface area contributed by atoms with Gasteiger partial charge in [0.2, 0.25) is 0 Å². The first-order valence-corrected chi connectivity index (χ1v) is 3.19. The summed E-state index contributed by atoms with van der Waals surface area (Å²) in [5.41, 5.74) is 0. The molecule has 0 aliphatic carbocycles. The first-order chi connectivity index (χ1) is 4.79. The second-order valence-corrected chi connectivity index (χ2v) is 2.05. The lowest BCUT2D eigenvalue weighted by Gasteiger charge is -1.96. The van der Waals surface area contributed by atoms with Crippen molar-refractivity contribution in [2.75, 3.05) is 0 Å². The average Bonchev–Trinajstić information content (AvgIpc) is 1.88. The second-order valence-electron chi connectivity index (χ2n) is 1.68. The van der Waals surface area contributed by atoms with Gasteiger partial charge in [-0.3, -0.25) is 0 Å². The number of rotatable bonds is 1. The Kier molecular flexibility index (Phi) is 4.74. The highest BCUT2D eigenvalue weighted by molar-refractivity contribution is 7.96. The molecule has 0 bridgehead atoms. The molecule has 0 radical (unpaired) electrons. The molecule has 0 fully saturated rings. The van der Waals surface area contributed by atoms with Crippen LogP contribution in [0.5, 0.6) is 5.75 Å². The van der Waals surface area contributed by atoms with E-state index in [1.54, 1.807) is 24.3 Å². The van der Waals surface area contributed by atoms with Crippen molar-refractivity contribution < 1.29 is 9.53 Å². The minimum atomic E-state index is -0.591. The van der Waals surface area contributed by atoms with Gasteiger partial charge in [-0.05, 0) is 12.1 Å². The van der Waals surface area contributed by atoms with Gasteiger partial charge in [-0.25, -0.2) is 4.79 Å². The third-order valence-corrected chi connectivity index (χ3v) is 1.04. The fourth-order valence-electron chi connectivity index (χ4n) is 0.589. The standard InChI is InChI=1S/C7H6O2S.ClH/c8-7(10)9-6-4-2-1-3-5-6;/h1-5H,(H,8,10);1H. The Hall–Kier alpha value is -0.670. The highest BCUT2D eigenvalue weighted by atomic mass is 35.5. The smallest absolute Gasteiger partial charge is 0.369 e. The third-order valence-electron chi connectivity index (χ3n) is 0.948. The molecule has 60 valence electrons.